The third kappa shape index (κ3) is 7.85. The minimum atomic E-state index is -1.22. The Morgan fingerprint density at radius 1 is 0.527 bits per heavy atom. The Balaban J connectivity index is 1.97. The van der Waals surface area contributed by atoms with Gasteiger partial charge in [-0.3, -0.25) is 0 Å². The molecule has 2 atom stereocenters. The lowest BCUT2D eigenvalue weighted by Crippen LogP contribution is -2.32. The van der Waals surface area contributed by atoms with Crippen LogP contribution in [0.4, 0.5) is 0 Å². The van der Waals surface area contributed by atoms with Crippen LogP contribution in [0.2, 0.25) is 0 Å². The number of hydrogen-bond acceptors (Lipinski definition) is 10. The minimum absolute atomic E-state index is 0.222. The molecule has 0 bridgehead atoms. The SMILES string of the molecule is C=C(C)C(=O)OC(C)Oc1c(C2(c3ccc(OCC)c(OCC)c3OC(C)OC(=O)C(=C)C)c3ccccc3-c3ccccc32)ccc(OCC)c1OCC. The fourth-order valence-electron chi connectivity index (χ4n) is 6.86. The largest absolute Gasteiger partial charge is 0.490 e. The number of carbonyl (C=O) groups excluding carboxylic acids is 2. The van der Waals surface area contributed by atoms with Gasteiger partial charge >= 0.3 is 11.9 Å². The first-order valence-electron chi connectivity index (χ1n) is 18.6. The first kappa shape index (κ1) is 40.3. The molecule has 10 heteroatoms. The van der Waals surface area contributed by atoms with Crippen LogP contribution in [0.25, 0.3) is 11.1 Å². The van der Waals surface area contributed by atoms with Crippen LogP contribution in [0.5, 0.6) is 34.5 Å². The molecule has 0 amide bonds. The van der Waals surface area contributed by atoms with Crippen molar-refractivity contribution >= 4 is 11.9 Å². The maximum atomic E-state index is 12.8. The van der Waals surface area contributed by atoms with Crippen LogP contribution < -0.4 is 28.4 Å². The Morgan fingerprint density at radius 2 is 0.891 bits per heavy atom. The molecular formula is C45H50O10. The molecule has 1 aliphatic rings. The Hall–Kier alpha value is -5.90. The maximum Gasteiger partial charge on any atom is 0.336 e. The third-order valence-corrected chi connectivity index (χ3v) is 8.90. The third-order valence-electron chi connectivity index (χ3n) is 8.90. The van der Waals surface area contributed by atoms with Crippen LogP contribution in [-0.4, -0.2) is 50.9 Å². The van der Waals surface area contributed by atoms with Crippen LogP contribution in [-0.2, 0) is 24.5 Å². The summed E-state index contributed by atoms with van der Waals surface area (Å²) in [7, 11) is 0. The molecule has 10 nitrogen and oxygen atoms in total. The van der Waals surface area contributed by atoms with Gasteiger partial charge in [-0.05, 0) is 88.1 Å². The number of rotatable bonds is 18. The summed E-state index contributed by atoms with van der Waals surface area (Å²) in [4.78, 5) is 25.6. The highest BCUT2D eigenvalue weighted by atomic mass is 16.7. The molecule has 0 fully saturated rings. The predicted octanol–water partition coefficient (Wildman–Crippen LogP) is 9.33. The molecule has 0 heterocycles. The summed E-state index contributed by atoms with van der Waals surface area (Å²) in [6.07, 6.45) is -2.17. The van der Waals surface area contributed by atoms with Crippen molar-refractivity contribution in [3.05, 3.63) is 119 Å². The maximum absolute atomic E-state index is 12.8. The van der Waals surface area contributed by atoms with Crippen molar-refractivity contribution < 1.29 is 47.5 Å². The second-order valence-corrected chi connectivity index (χ2v) is 12.9. The van der Waals surface area contributed by atoms with E-state index in [0.29, 0.717) is 47.3 Å². The van der Waals surface area contributed by atoms with Gasteiger partial charge in [0.05, 0.1) is 31.8 Å². The first-order valence-corrected chi connectivity index (χ1v) is 18.6. The van der Waals surface area contributed by atoms with Gasteiger partial charge in [-0.15, -0.1) is 0 Å². The fraction of sp³-hybridized carbons (Fsp3) is 0.333. The topological polar surface area (TPSA) is 108 Å². The van der Waals surface area contributed by atoms with E-state index in [1.165, 1.54) is 0 Å². The average molecular weight is 751 g/mol. The van der Waals surface area contributed by atoms with Crippen molar-refractivity contribution in [2.24, 2.45) is 0 Å². The van der Waals surface area contributed by atoms with Crippen molar-refractivity contribution in [3.8, 4) is 45.6 Å². The summed E-state index contributed by atoms with van der Waals surface area (Å²) >= 11 is 0. The standard InChI is InChI=1S/C45H50O10/c1-11-48-37-25-23-35(39(41(37)50-13-3)52-29(9)54-43(46)27(5)6)45(33-21-17-15-19-31(33)32-20-16-18-22-34(32)45)36-24-26-38(49-12-2)42(51-14-4)40(36)53-30(10)55-44(47)28(7)8/h15-26,29-30H,5,7,11-14H2,1-4,6,8-10H3. The van der Waals surface area contributed by atoms with Crippen LogP contribution in [0, 0.1) is 0 Å². The average Bonchev–Trinajstić information content (AvgIpc) is 3.45. The van der Waals surface area contributed by atoms with Crippen molar-refractivity contribution in [1.82, 2.24) is 0 Å². The number of fused-ring (bicyclic) bond motifs is 3. The molecule has 1 aliphatic carbocycles. The van der Waals surface area contributed by atoms with Gasteiger partial charge in [-0.1, -0.05) is 61.7 Å². The van der Waals surface area contributed by atoms with Gasteiger partial charge in [0, 0.05) is 36.1 Å². The Kier molecular flexibility index (Phi) is 12.8. The summed E-state index contributed by atoms with van der Waals surface area (Å²) in [5.41, 5.74) is 4.19. The van der Waals surface area contributed by atoms with Crippen molar-refractivity contribution in [3.63, 3.8) is 0 Å². The summed E-state index contributed by atoms with van der Waals surface area (Å²) in [5, 5.41) is 0. The molecule has 5 rings (SSSR count). The van der Waals surface area contributed by atoms with E-state index in [4.69, 9.17) is 37.9 Å². The number of hydrogen-bond donors (Lipinski definition) is 0. The zero-order valence-corrected chi connectivity index (χ0v) is 32.9. The molecule has 0 radical (unpaired) electrons. The summed E-state index contributed by atoms with van der Waals surface area (Å²) in [6.45, 7) is 22.6. The highest BCUT2D eigenvalue weighted by Crippen LogP contribution is 2.63. The Labute approximate surface area is 323 Å². The summed E-state index contributed by atoms with van der Waals surface area (Å²) in [5.74, 6) is 0.862. The number of benzene rings is 4. The van der Waals surface area contributed by atoms with Crippen molar-refractivity contribution in [2.75, 3.05) is 26.4 Å². The molecule has 0 spiro atoms. The molecule has 0 saturated carbocycles. The molecule has 290 valence electrons. The van der Waals surface area contributed by atoms with Crippen LogP contribution in [0.15, 0.2) is 97.1 Å². The van der Waals surface area contributed by atoms with E-state index in [1.807, 2.05) is 76.2 Å². The van der Waals surface area contributed by atoms with E-state index in [1.54, 1.807) is 27.7 Å². The second kappa shape index (κ2) is 17.5. The van der Waals surface area contributed by atoms with Gasteiger partial charge < -0.3 is 37.9 Å². The lowest BCUT2D eigenvalue weighted by Gasteiger charge is -2.38. The normalized spacial score (nSPS) is 13.3. The lowest BCUT2D eigenvalue weighted by molar-refractivity contribution is -0.157. The first-order chi connectivity index (χ1) is 26.4. The highest BCUT2D eigenvalue weighted by molar-refractivity contribution is 5.89. The molecule has 4 aromatic rings. The van der Waals surface area contributed by atoms with E-state index in [0.717, 1.165) is 22.3 Å². The van der Waals surface area contributed by atoms with E-state index in [9.17, 15) is 9.59 Å². The highest BCUT2D eigenvalue weighted by Gasteiger charge is 2.51. The molecule has 0 aliphatic heterocycles. The van der Waals surface area contributed by atoms with Crippen molar-refractivity contribution in [2.45, 2.75) is 73.4 Å². The molecule has 55 heavy (non-hydrogen) atoms. The van der Waals surface area contributed by atoms with E-state index in [-0.39, 0.29) is 35.9 Å². The monoisotopic (exact) mass is 750 g/mol. The van der Waals surface area contributed by atoms with Gasteiger partial charge in [0.2, 0.25) is 24.1 Å². The zero-order chi connectivity index (χ0) is 39.9. The van der Waals surface area contributed by atoms with E-state index < -0.39 is 29.9 Å². The fourth-order valence-corrected chi connectivity index (χ4v) is 6.86. The van der Waals surface area contributed by atoms with E-state index >= 15 is 0 Å². The molecule has 2 unspecified atom stereocenters. The molecule has 4 aromatic carbocycles. The van der Waals surface area contributed by atoms with Gasteiger partial charge in [-0.2, -0.15) is 0 Å². The smallest absolute Gasteiger partial charge is 0.336 e. The molecule has 0 aromatic heterocycles. The quantitative estimate of drug-likeness (QED) is 0.0489. The lowest BCUT2D eigenvalue weighted by atomic mass is 9.66. The van der Waals surface area contributed by atoms with Crippen molar-refractivity contribution in [1.29, 1.82) is 0 Å². The summed E-state index contributed by atoms with van der Waals surface area (Å²) in [6, 6.07) is 23.8. The number of carbonyl (C=O) groups is 2. The molecule has 0 N–H and O–H groups in total. The van der Waals surface area contributed by atoms with E-state index in [2.05, 4.69) is 37.4 Å². The number of esters is 2. The van der Waals surface area contributed by atoms with Gasteiger partial charge in [0.25, 0.3) is 0 Å². The Morgan fingerprint density at radius 3 is 1.24 bits per heavy atom. The number of ether oxygens (including phenoxy) is 8. The second-order valence-electron chi connectivity index (χ2n) is 12.9. The predicted molar refractivity (Wildman–Crippen MR) is 210 cm³/mol. The summed E-state index contributed by atoms with van der Waals surface area (Å²) < 4.78 is 49.7. The van der Waals surface area contributed by atoms with Crippen LogP contribution in [0.1, 0.15) is 77.6 Å². The van der Waals surface area contributed by atoms with Crippen LogP contribution in [0.3, 0.4) is 0 Å². The minimum Gasteiger partial charge on any atom is -0.490 e. The zero-order valence-electron chi connectivity index (χ0n) is 32.9. The Bertz CT molecular complexity index is 1920. The van der Waals surface area contributed by atoms with Gasteiger partial charge in [0.15, 0.2) is 23.0 Å². The van der Waals surface area contributed by atoms with Crippen LogP contribution >= 0.6 is 0 Å². The molecular weight excluding hydrogens is 700 g/mol. The van der Waals surface area contributed by atoms with Gasteiger partial charge in [0.1, 0.15) is 0 Å². The van der Waals surface area contributed by atoms with Gasteiger partial charge in [-0.25, -0.2) is 9.59 Å². The molecule has 0 saturated heterocycles.